The Bertz CT molecular complexity index is 215. The van der Waals surface area contributed by atoms with Gasteiger partial charge in [0.15, 0.2) is 0 Å². The Kier molecular flexibility index (Phi) is 3.91. The zero-order chi connectivity index (χ0) is 11.6. The van der Waals surface area contributed by atoms with Gasteiger partial charge in [-0.3, -0.25) is 0 Å². The number of hydrogen-bond acceptors (Lipinski definition) is 2. The molecule has 0 aromatic heterocycles. The van der Waals surface area contributed by atoms with Crippen molar-refractivity contribution in [2.75, 3.05) is 6.54 Å². The van der Waals surface area contributed by atoms with Crippen molar-refractivity contribution in [3.8, 4) is 0 Å². The molecule has 2 N–H and O–H groups in total. The van der Waals surface area contributed by atoms with Crippen LogP contribution in [-0.4, -0.2) is 23.3 Å². The van der Waals surface area contributed by atoms with Crippen LogP contribution in [0.4, 0.5) is 0 Å². The van der Waals surface area contributed by atoms with Crippen LogP contribution >= 0.6 is 0 Å². The maximum Gasteiger partial charge on any atom is 0.0771 e. The molecule has 2 aliphatic rings. The summed E-state index contributed by atoms with van der Waals surface area (Å²) in [7, 11) is 0. The summed E-state index contributed by atoms with van der Waals surface area (Å²) < 4.78 is 0. The Balaban J connectivity index is 1.79. The summed E-state index contributed by atoms with van der Waals surface area (Å²) in [6.07, 6.45) is 8.47. The lowest BCUT2D eigenvalue weighted by Gasteiger charge is -2.35. The summed E-state index contributed by atoms with van der Waals surface area (Å²) in [4.78, 5) is 0. The van der Waals surface area contributed by atoms with E-state index < -0.39 is 5.60 Å². The SMILES string of the molecule is CC(C)C(NCC1(O)CCCCC1)C1CC1. The Labute approximate surface area is 99.8 Å². The largest absolute Gasteiger partial charge is 0.389 e. The lowest BCUT2D eigenvalue weighted by atomic mass is 9.84. The molecule has 0 saturated heterocycles. The second-order valence-electron chi connectivity index (χ2n) is 6.27. The molecule has 16 heavy (non-hydrogen) atoms. The maximum absolute atomic E-state index is 10.4. The zero-order valence-corrected chi connectivity index (χ0v) is 10.8. The van der Waals surface area contributed by atoms with E-state index in [1.54, 1.807) is 0 Å². The summed E-state index contributed by atoms with van der Waals surface area (Å²) in [6.45, 7) is 5.40. The zero-order valence-electron chi connectivity index (χ0n) is 10.8. The van der Waals surface area contributed by atoms with Crippen LogP contribution in [0.1, 0.15) is 58.8 Å². The van der Waals surface area contributed by atoms with E-state index in [1.807, 2.05) is 0 Å². The first kappa shape index (κ1) is 12.4. The minimum absolute atomic E-state index is 0.402. The predicted octanol–water partition coefficient (Wildman–Crippen LogP) is 2.71. The third-order valence-electron chi connectivity index (χ3n) is 4.30. The smallest absolute Gasteiger partial charge is 0.0771 e. The first-order chi connectivity index (χ1) is 7.61. The minimum Gasteiger partial charge on any atom is -0.389 e. The molecule has 0 amide bonds. The van der Waals surface area contributed by atoms with E-state index in [9.17, 15) is 5.11 Å². The van der Waals surface area contributed by atoms with Gasteiger partial charge >= 0.3 is 0 Å². The van der Waals surface area contributed by atoms with Gasteiger partial charge in [0.2, 0.25) is 0 Å². The van der Waals surface area contributed by atoms with E-state index in [2.05, 4.69) is 19.2 Å². The Morgan fingerprint density at radius 1 is 1.19 bits per heavy atom. The second kappa shape index (κ2) is 5.05. The van der Waals surface area contributed by atoms with Crippen molar-refractivity contribution in [2.24, 2.45) is 11.8 Å². The molecule has 94 valence electrons. The van der Waals surface area contributed by atoms with E-state index in [4.69, 9.17) is 0 Å². The van der Waals surface area contributed by atoms with E-state index >= 15 is 0 Å². The fourth-order valence-corrected chi connectivity index (χ4v) is 3.10. The van der Waals surface area contributed by atoms with Gasteiger partial charge in [0.25, 0.3) is 0 Å². The Morgan fingerprint density at radius 2 is 1.81 bits per heavy atom. The summed E-state index contributed by atoms with van der Waals surface area (Å²) in [5.74, 6) is 1.58. The van der Waals surface area contributed by atoms with E-state index in [-0.39, 0.29) is 0 Å². The van der Waals surface area contributed by atoms with Crippen LogP contribution < -0.4 is 5.32 Å². The average molecular weight is 225 g/mol. The molecule has 2 rings (SSSR count). The molecule has 2 heteroatoms. The van der Waals surface area contributed by atoms with Crippen molar-refractivity contribution >= 4 is 0 Å². The molecule has 2 fully saturated rings. The Hall–Kier alpha value is -0.0800. The van der Waals surface area contributed by atoms with Gasteiger partial charge in [-0.05, 0) is 37.5 Å². The molecule has 0 heterocycles. The molecule has 0 aromatic carbocycles. The molecule has 0 aliphatic heterocycles. The highest BCUT2D eigenvalue weighted by Gasteiger charge is 2.35. The van der Waals surface area contributed by atoms with Gasteiger partial charge in [-0.15, -0.1) is 0 Å². The van der Waals surface area contributed by atoms with Gasteiger partial charge < -0.3 is 10.4 Å². The molecule has 1 unspecified atom stereocenters. The topological polar surface area (TPSA) is 32.3 Å². The Morgan fingerprint density at radius 3 is 2.31 bits per heavy atom. The van der Waals surface area contributed by atoms with Crippen LogP contribution in [-0.2, 0) is 0 Å². The van der Waals surface area contributed by atoms with Crippen molar-refractivity contribution < 1.29 is 5.11 Å². The molecule has 2 nitrogen and oxygen atoms in total. The van der Waals surface area contributed by atoms with Crippen molar-refractivity contribution in [3.05, 3.63) is 0 Å². The number of hydrogen-bond donors (Lipinski definition) is 2. The number of nitrogens with one attached hydrogen (secondary N) is 1. The van der Waals surface area contributed by atoms with Crippen LogP contribution in [0.5, 0.6) is 0 Å². The third-order valence-corrected chi connectivity index (χ3v) is 4.30. The summed E-state index contributed by atoms with van der Waals surface area (Å²) >= 11 is 0. The van der Waals surface area contributed by atoms with Crippen LogP contribution in [0.2, 0.25) is 0 Å². The van der Waals surface area contributed by atoms with E-state index in [1.165, 1.54) is 32.1 Å². The standard InChI is InChI=1S/C14H27NO/c1-11(2)13(12-6-7-12)15-10-14(16)8-4-3-5-9-14/h11-13,15-16H,3-10H2,1-2H3. The normalized spacial score (nSPS) is 27.0. The van der Waals surface area contributed by atoms with E-state index in [0.717, 1.165) is 25.3 Å². The lowest BCUT2D eigenvalue weighted by Crippen LogP contribution is -2.47. The van der Waals surface area contributed by atoms with Gasteiger partial charge in [0.05, 0.1) is 5.60 Å². The first-order valence-electron chi connectivity index (χ1n) is 7.06. The van der Waals surface area contributed by atoms with Crippen molar-refractivity contribution in [3.63, 3.8) is 0 Å². The van der Waals surface area contributed by atoms with Crippen LogP contribution in [0.3, 0.4) is 0 Å². The van der Waals surface area contributed by atoms with Gasteiger partial charge in [-0.1, -0.05) is 33.1 Å². The highest BCUT2D eigenvalue weighted by Crippen LogP contribution is 2.36. The molecule has 2 saturated carbocycles. The predicted molar refractivity (Wildman–Crippen MR) is 67.4 cm³/mol. The van der Waals surface area contributed by atoms with E-state index in [0.29, 0.717) is 12.0 Å². The van der Waals surface area contributed by atoms with Gasteiger partial charge in [-0.25, -0.2) is 0 Å². The molecule has 0 spiro atoms. The molecular weight excluding hydrogens is 198 g/mol. The van der Waals surface area contributed by atoms with Gasteiger partial charge in [-0.2, -0.15) is 0 Å². The summed E-state index contributed by atoms with van der Waals surface area (Å²) in [5.41, 5.74) is -0.402. The van der Waals surface area contributed by atoms with Crippen LogP contribution in [0.15, 0.2) is 0 Å². The molecule has 0 radical (unpaired) electrons. The van der Waals surface area contributed by atoms with Gasteiger partial charge in [0.1, 0.15) is 0 Å². The van der Waals surface area contributed by atoms with Crippen molar-refractivity contribution in [2.45, 2.75) is 70.4 Å². The highest BCUT2D eigenvalue weighted by atomic mass is 16.3. The average Bonchev–Trinajstić information content (AvgIpc) is 3.02. The van der Waals surface area contributed by atoms with Crippen molar-refractivity contribution in [1.82, 2.24) is 5.32 Å². The molecule has 2 aliphatic carbocycles. The number of aliphatic hydroxyl groups is 1. The third kappa shape index (κ3) is 3.21. The minimum atomic E-state index is -0.402. The molecule has 0 bridgehead atoms. The van der Waals surface area contributed by atoms with Gasteiger partial charge in [0, 0.05) is 12.6 Å². The van der Waals surface area contributed by atoms with Crippen molar-refractivity contribution in [1.29, 1.82) is 0 Å². The molecule has 1 atom stereocenters. The van der Waals surface area contributed by atoms with Crippen LogP contribution in [0, 0.1) is 11.8 Å². The number of rotatable bonds is 5. The summed E-state index contributed by atoms with van der Waals surface area (Å²) in [5, 5.41) is 14.1. The highest BCUT2D eigenvalue weighted by molar-refractivity contribution is 4.92. The quantitative estimate of drug-likeness (QED) is 0.754. The van der Waals surface area contributed by atoms with Crippen LogP contribution in [0.25, 0.3) is 0 Å². The fraction of sp³-hybridized carbons (Fsp3) is 1.00. The first-order valence-corrected chi connectivity index (χ1v) is 7.06. The molecule has 0 aromatic rings. The second-order valence-corrected chi connectivity index (χ2v) is 6.27. The fourth-order valence-electron chi connectivity index (χ4n) is 3.10. The maximum atomic E-state index is 10.4. The monoisotopic (exact) mass is 225 g/mol. The molecular formula is C14H27NO. The lowest BCUT2D eigenvalue weighted by molar-refractivity contribution is 0.000749. The summed E-state index contributed by atoms with van der Waals surface area (Å²) in [6, 6.07) is 0.631.